The number of benzene rings is 1. The lowest BCUT2D eigenvalue weighted by molar-refractivity contribution is 0.0288. The number of rotatable bonds is 6. The van der Waals surface area contributed by atoms with Gasteiger partial charge >= 0.3 is 6.09 Å². The van der Waals surface area contributed by atoms with Crippen LogP contribution in [0.25, 0.3) is 22.3 Å². The minimum Gasteiger partial charge on any atom is -0.444 e. The van der Waals surface area contributed by atoms with Crippen LogP contribution in [-0.2, 0) is 11.2 Å². The second kappa shape index (κ2) is 10.9. The quantitative estimate of drug-likeness (QED) is 0.352. The molecule has 1 saturated heterocycles. The van der Waals surface area contributed by atoms with Crippen LogP contribution >= 0.6 is 0 Å². The van der Waals surface area contributed by atoms with E-state index < -0.39 is 5.60 Å². The highest BCUT2D eigenvalue weighted by Crippen LogP contribution is 2.34. The molecule has 0 saturated carbocycles. The van der Waals surface area contributed by atoms with Crippen molar-refractivity contribution in [2.24, 2.45) is 0 Å². The molecule has 0 bridgehead atoms. The Morgan fingerprint density at radius 2 is 1.90 bits per heavy atom. The Balaban J connectivity index is 1.38. The molecule has 0 aliphatic carbocycles. The summed E-state index contributed by atoms with van der Waals surface area (Å²) in [7, 11) is 0. The Hall–Kier alpha value is -4.54. The Bertz CT molecular complexity index is 1540. The van der Waals surface area contributed by atoms with Gasteiger partial charge in [-0.15, -0.1) is 0 Å². The van der Waals surface area contributed by atoms with Crippen molar-refractivity contribution in [2.45, 2.75) is 58.6 Å². The molecule has 3 aromatic heterocycles. The molecule has 1 aromatic carbocycles. The fourth-order valence-electron chi connectivity index (χ4n) is 4.84. The molecule has 11 nitrogen and oxygen atoms in total. The van der Waals surface area contributed by atoms with Gasteiger partial charge in [-0.05, 0) is 63.4 Å². The van der Waals surface area contributed by atoms with E-state index in [1.54, 1.807) is 23.2 Å². The maximum absolute atomic E-state index is 12.9. The Labute approximate surface area is 232 Å². The normalized spacial score (nSPS) is 15.4. The summed E-state index contributed by atoms with van der Waals surface area (Å²) >= 11 is 0. The molecule has 1 aliphatic heterocycles. The standard InChI is InChI=1S/C29H34N8O3/c1-5-6-18-11-13-31-22(15-18)34-27(38)20-9-7-19(8-10-20)24-23-25(30)32-17-33-26(23)37(35-24)21-12-14-36(16-21)28(39)40-29(2,3)4/h7-11,13,15,17,21H,5-6,12,14,16H2,1-4H3,(H2,30,32,33)(H,31,34,38)/t21-/m1/s1. The molecule has 1 fully saturated rings. The van der Waals surface area contributed by atoms with Gasteiger partial charge in [0.25, 0.3) is 5.91 Å². The van der Waals surface area contributed by atoms with Gasteiger partial charge in [0.15, 0.2) is 5.65 Å². The third-order valence-electron chi connectivity index (χ3n) is 6.70. The number of anilines is 2. The average Bonchev–Trinajstić information content (AvgIpc) is 3.54. The predicted molar refractivity (Wildman–Crippen MR) is 153 cm³/mol. The topological polar surface area (TPSA) is 141 Å². The SMILES string of the molecule is CCCc1ccnc(NC(=O)c2ccc(-c3nn([C@@H]4CCN(C(=O)OC(C)(C)C)C4)c4ncnc(N)c34)cc2)c1. The van der Waals surface area contributed by atoms with E-state index >= 15 is 0 Å². The number of nitrogen functional groups attached to an aromatic ring is 1. The molecule has 3 N–H and O–H groups in total. The minimum atomic E-state index is -0.568. The van der Waals surface area contributed by atoms with Crippen molar-refractivity contribution >= 4 is 34.7 Å². The van der Waals surface area contributed by atoms with Gasteiger partial charge in [-0.3, -0.25) is 4.79 Å². The molecular weight excluding hydrogens is 508 g/mol. The van der Waals surface area contributed by atoms with Crippen molar-refractivity contribution in [3.8, 4) is 11.3 Å². The van der Waals surface area contributed by atoms with Crippen LogP contribution < -0.4 is 11.1 Å². The molecule has 0 unspecified atom stereocenters. The second-order valence-corrected chi connectivity index (χ2v) is 11.0. The van der Waals surface area contributed by atoms with Crippen LogP contribution in [0.2, 0.25) is 0 Å². The molecule has 4 aromatic rings. The van der Waals surface area contributed by atoms with Crippen molar-refractivity contribution in [2.75, 3.05) is 24.1 Å². The van der Waals surface area contributed by atoms with E-state index in [2.05, 4.69) is 27.2 Å². The van der Waals surface area contributed by atoms with Crippen LogP contribution in [0, 0.1) is 0 Å². The first-order valence-electron chi connectivity index (χ1n) is 13.5. The number of aromatic nitrogens is 5. The summed E-state index contributed by atoms with van der Waals surface area (Å²) in [5.74, 6) is 0.582. The van der Waals surface area contributed by atoms with Crippen LogP contribution in [0.15, 0.2) is 48.9 Å². The van der Waals surface area contributed by atoms with Gasteiger partial charge in [-0.2, -0.15) is 5.10 Å². The number of ether oxygens (including phenoxy) is 1. The maximum atomic E-state index is 12.9. The smallest absolute Gasteiger partial charge is 0.410 e. The average molecular weight is 543 g/mol. The lowest BCUT2D eigenvalue weighted by Crippen LogP contribution is -2.35. The van der Waals surface area contributed by atoms with Crippen molar-refractivity contribution in [1.82, 2.24) is 29.6 Å². The van der Waals surface area contributed by atoms with Crippen LogP contribution in [0.5, 0.6) is 0 Å². The third-order valence-corrected chi connectivity index (χ3v) is 6.70. The predicted octanol–water partition coefficient (Wildman–Crippen LogP) is 4.86. The number of nitrogens with zero attached hydrogens (tertiary/aromatic N) is 6. The number of amides is 2. The molecule has 0 radical (unpaired) electrons. The zero-order valence-electron chi connectivity index (χ0n) is 23.2. The van der Waals surface area contributed by atoms with E-state index in [0.29, 0.717) is 53.4 Å². The van der Waals surface area contributed by atoms with E-state index in [1.165, 1.54) is 6.33 Å². The number of hydrogen-bond donors (Lipinski definition) is 2. The molecule has 1 atom stereocenters. The summed E-state index contributed by atoms with van der Waals surface area (Å²) in [6, 6.07) is 10.9. The van der Waals surface area contributed by atoms with Gasteiger partial charge in [0, 0.05) is 30.4 Å². The molecule has 11 heteroatoms. The number of nitrogens with two attached hydrogens (primary N) is 1. The third kappa shape index (κ3) is 5.73. The van der Waals surface area contributed by atoms with Gasteiger partial charge in [0.05, 0.1) is 11.4 Å². The fraction of sp³-hybridized carbons (Fsp3) is 0.379. The lowest BCUT2D eigenvalue weighted by atomic mass is 10.1. The minimum absolute atomic E-state index is 0.0981. The van der Waals surface area contributed by atoms with Crippen molar-refractivity contribution in [3.63, 3.8) is 0 Å². The number of carbonyl (C=O) groups is 2. The molecular formula is C29H34N8O3. The molecule has 2 amide bonds. The van der Waals surface area contributed by atoms with Gasteiger partial charge in [-0.1, -0.05) is 25.5 Å². The monoisotopic (exact) mass is 542 g/mol. The zero-order chi connectivity index (χ0) is 28.4. The molecule has 1 aliphatic rings. The number of fused-ring (bicyclic) bond motifs is 1. The molecule has 208 valence electrons. The summed E-state index contributed by atoms with van der Waals surface area (Å²) < 4.78 is 7.37. The van der Waals surface area contributed by atoms with Crippen molar-refractivity contribution in [1.29, 1.82) is 0 Å². The number of nitrogens with one attached hydrogen (secondary N) is 1. The summed E-state index contributed by atoms with van der Waals surface area (Å²) in [5.41, 5.74) is 9.32. The maximum Gasteiger partial charge on any atom is 0.410 e. The van der Waals surface area contributed by atoms with Gasteiger partial charge in [-0.25, -0.2) is 24.4 Å². The molecule has 40 heavy (non-hydrogen) atoms. The number of hydrogen-bond acceptors (Lipinski definition) is 8. The van der Waals surface area contributed by atoms with E-state index in [4.69, 9.17) is 15.6 Å². The lowest BCUT2D eigenvalue weighted by Gasteiger charge is -2.24. The van der Waals surface area contributed by atoms with E-state index in [9.17, 15) is 9.59 Å². The fourth-order valence-corrected chi connectivity index (χ4v) is 4.84. The molecule has 0 spiro atoms. The van der Waals surface area contributed by atoms with Crippen LogP contribution in [0.3, 0.4) is 0 Å². The highest BCUT2D eigenvalue weighted by Gasteiger charge is 2.33. The highest BCUT2D eigenvalue weighted by atomic mass is 16.6. The van der Waals surface area contributed by atoms with Crippen LogP contribution in [0.1, 0.15) is 62.5 Å². The molecule has 5 rings (SSSR count). The van der Waals surface area contributed by atoms with Gasteiger partial charge < -0.3 is 20.7 Å². The van der Waals surface area contributed by atoms with Crippen molar-refractivity contribution < 1.29 is 14.3 Å². The van der Waals surface area contributed by atoms with Crippen LogP contribution in [0.4, 0.5) is 16.4 Å². The number of likely N-dealkylation sites (tertiary alicyclic amines) is 1. The Kier molecular flexibility index (Phi) is 7.38. The van der Waals surface area contributed by atoms with Gasteiger partial charge in [0.2, 0.25) is 0 Å². The zero-order valence-corrected chi connectivity index (χ0v) is 23.2. The number of pyridine rings is 1. The van der Waals surface area contributed by atoms with Crippen LogP contribution in [-0.4, -0.2) is 60.3 Å². The molecule has 4 heterocycles. The van der Waals surface area contributed by atoms with E-state index in [-0.39, 0.29) is 18.0 Å². The first kappa shape index (κ1) is 27.0. The van der Waals surface area contributed by atoms with Crippen molar-refractivity contribution in [3.05, 3.63) is 60.0 Å². The second-order valence-electron chi connectivity index (χ2n) is 11.0. The summed E-state index contributed by atoms with van der Waals surface area (Å²) in [6.45, 7) is 8.66. The summed E-state index contributed by atoms with van der Waals surface area (Å²) in [6.07, 6.45) is 5.41. The first-order chi connectivity index (χ1) is 19.1. The Morgan fingerprint density at radius 1 is 1.12 bits per heavy atom. The first-order valence-corrected chi connectivity index (χ1v) is 13.5. The largest absolute Gasteiger partial charge is 0.444 e. The summed E-state index contributed by atoms with van der Waals surface area (Å²) in [4.78, 5) is 40.1. The Morgan fingerprint density at radius 3 is 2.62 bits per heavy atom. The summed E-state index contributed by atoms with van der Waals surface area (Å²) in [5, 5.41) is 8.39. The van der Waals surface area contributed by atoms with E-state index in [0.717, 1.165) is 24.0 Å². The van der Waals surface area contributed by atoms with E-state index in [1.807, 2.05) is 49.7 Å². The number of aryl methyl sites for hydroxylation is 1. The van der Waals surface area contributed by atoms with Gasteiger partial charge in [0.1, 0.15) is 29.3 Å². The highest BCUT2D eigenvalue weighted by molar-refractivity contribution is 6.04. The number of carbonyl (C=O) groups excluding carboxylic acids is 2.